The van der Waals surface area contributed by atoms with Crippen molar-refractivity contribution in [3.8, 4) is 11.8 Å². The minimum absolute atomic E-state index is 0. The molecule has 2 amide bonds. The number of hydrogen-bond donors (Lipinski definition) is 4. The standard InChI is InChI=1S/C18H19ClN6O2.ClH/c1-22-18(27)11-2-4-13(19)10(8-11)3-5-14-15(17(21)26)16(20)25(24-14)12-6-7-23-9-12;/h2,4,8,12,23H,6-7,9,20H2,1H3,(H2,21,26)(H,22,27);1H. The lowest BCUT2D eigenvalue weighted by molar-refractivity contribution is 0.0961. The van der Waals surface area contributed by atoms with Gasteiger partial charge < -0.3 is 22.1 Å². The van der Waals surface area contributed by atoms with Crippen LogP contribution in [0.4, 0.5) is 5.82 Å². The predicted octanol–water partition coefficient (Wildman–Crippen LogP) is 0.933. The van der Waals surface area contributed by atoms with Crippen LogP contribution in [0.25, 0.3) is 0 Å². The maximum Gasteiger partial charge on any atom is 0.255 e. The van der Waals surface area contributed by atoms with Crippen LogP contribution in [-0.4, -0.2) is 41.7 Å². The summed E-state index contributed by atoms with van der Waals surface area (Å²) in [6.45, 7) is 1.55. The lowest BCUT2D eigenvalue weighted by Gasteiger charge is -2.10. The highest BCUT2D eigenvalue weighted by Gasteiger charge is 2.25. The third-order valence-electron chi connectivity index (χ3n) is 4.35. The fourth-order valence-electron chi connectivity index (χ4n) is 2.94. The molecule has 2 aromatic rings. The molecule has 1 aliphatic heterocycles. The number of carbonyl (C=O) groups excluding carboxylic acids is 2. The molecule has 3 rings (SSSR count). The van der Waals surface area contributed by atoms with E-state index in [2.05, 4.69) is 27.6 Å². The molecule has 0 spiro atoms. The summed E-state index contributed by atoms with van der Waals surface area (Å²) in [4.78, 5) is 23.6. The number of nitrogens with zero attached hydrogens (tertiary/aromatic N) is 2. The zero-order chi connectivity index (χ0) is 19.6. The molecule has 0 radical (unpaired) electrons. The van der Waals surface area contributed by atoms with E-state index >= 15 is 0 Å². The van der Waals surface area contributed by atoms with Crippen LogP contribution in [0.2, 0.25) is 5.02 Å². The Labute approximate surface area is 173 Å². The van der Waals surface area contributed by atoms with E-state index in [1.165, 1.54) is 7.05 Å². The van der Waals surface area contributed by atoms with Crippen molar-refractivity contribution in [3.63, 3.8) is 0 Å². The normalized spacial score (nSPS) is 15.3. The summed E-state index contributed by atoms with van der Waals surface area (Å²) in [6, 6.07) is 4.79. The van der Waals surface area contributed by atoms with Crippen LogP contribution in [0.1, 0.15) is 44.4 Å². The summed E-state index contributed by atoms with van der Waals surface area (Å²) in [5.41, 5.74) is 12.7. The molecule has 6 N–H and O–H groups in total. The second kappa shape index (κ2) is 8.97. The van der Waals surface area contributed by atoms with E-state index < -0.39 is 5.91 Å². The molecule has 1 saturated heterocycles. The number of nitrogen functional groups attached to an aromatic ring is 1. The summed E-state index contributed by atoms with van der Waals surface area (Å²) in [5, 5.41) is 10.5. The van der Waals surface area contributed by atoms with Gasteiger partial charge in [-0.15, -0.1) is 12.4 Å². The lowest BCUT2D eigenvalue weighted by Crippen LogP contribution is -2.18. The maximum absolute atomic E-state index is 11.9. The molecule has 28 heavy (non-hydrogen) atoms. The van der Waals surface area contributed by atoms with Crippen molar-refractivity contribution in [2.24, 2.45) is 5.73 Å². The summed E-state index contributed by atoms with van der Waals surface area (Å²) >= 11 is 6.17. The van der Waals surface area contributed by atoms with Gasteiger partial charge in [0.1, 0.15) is 11.4 Å². The van der Waals surface area contributed by atoms with Crippen molar-refractivity contribution in [1.82, 2.24) is 20.4 Å². The van der Waals surface area contributed by atoms with Gasteiger partial charge in [-0.3, -0.25) is 9.59 Å². The number of anilines is 1. The molecule has 2 heterocycles. The van der Waals surface area contributed by atoms with Gasteiger partial charge in [-0.05, 0) is 37.1 Å². The minimum Gasteiger partial charge on any atom is -0.383 e. The van der Waals surface area contributed by atoms with Crippen LogP contribution < -0.4 is 22.1 Å². The first kappa shape index (κ1) is 21.6. The van der Waals surface area contributed by atoms with Gasteiger partial charge in [0, 0.05) is 24.7 Å². The molecule has 10 heteroatoms. The van der Waals surface area contributed by atoms with Crippen LogP contribution in [0.15, 0.2) is 18.2 Å². The molecular weight excluding hydrogens is 403 g/mol. The average molecular weight is 423 g/mol. The van der Waals surface area contributed by atoms with Gasteiger partial charge >= 0.3 is 0 Å². The van der Waals surface area contributed by atoms with E-state index in [0.717, 1.165) is 13.0 Å². The van der Waals surface area contributed by atoms with E-state index in [9.17, 15) is 9.59 Å². The molecular formula is C18H20Cl2N6O2. The summed E-state index contributed by atoms with van der Waals surface area (Å²) < 4.78 is 1.59. The monoisotopic (exact) mass is 422 g/mol. The van der Waals surface area contributed by atoms with Crippen LogP contribution in [0.3, 0.4) is 0 Å². The Morgan fingerprint density at radius 3 is 2.75 bits per heavy atom. The zero-order valence-corrected chi connectivity index (χ0v) is 16.7. The molecule has 0 bridgehead atoms. The Hall–Kier alpha value is -2.73. The number of amides is 2. The molecule has 1 atom stereocenters. The smallest absolute Gasteiger partial charge is 0.255 e. The SMILES string of the molecule is CNC(=O)c1ccc(Cl)c(C#Cc2nn(C3CCNC3)c(N)c2C(N)=O)c1.Cl. The number of benzene rings is 1. The number of carbonyl (C=O) groups is 2. The number of primary amides is 1. The Kier molecular flexibility index (Phi) is 6.91. The van der Waals surface area contributed by atoms with Crippen LogP contribution in [0.5, 0.6) is 0 Å². The fraction of sp³-hybridized carbons (Fsp3) is 0.278. The Bertz CT molecular complexity index is 970. The van der Waals surface area contributed by atoms with Gasteiger partial charge in [0.25, 0.3) is 11.8 Å². The molecule has 0 aliphatic carbocycles. The highest BCUT2D eigenvalue weighted by Crippen LogP contribution is 2.24. The molecule has 1 aliphatic rings. The van der Waals surface area contributed by atoms with Gasteiger partial charge in [-0.25, -0.2) is 4.68 Å². The number of nitrogens with two attached hydrogens (primary N) is 2. The zero-order valence-electron chi connectivity index (χ0n) is 15.1. The molecule has 1 unspecified atom stereocenters. The van der Waals surface area contributed by atoms with Gasteiger partial charge in [0.2, 0.25) is 0 Å². The maximum atomic E-state index is 11.9. The second-order valence-corrected chi connectivity index (χ2v) is 6.50. The van der Waals surface area contributed by atoms with Crippen LogP contribution in [-0.2, 0) is 0 Å². The van der Waals surface area contributed by atoms with Crippen LogP contribution >= 0.6 is 24.0 Å². The van der Waals surface area contributed by atoms with Crippen molar-refractivity contribution in [2.75, 3.05) is 25.9 Å². The molecule has 1 aromatic heterocycles. The van der Waals surface area contributed by atoms with Gasteiger partial charge in [-0.1, -0.05) is 17.5 Å². The van der Waals surface area contributed by atoms with Gasteiger partial charge in [0.05, 0.1) is 11.1 Å². The molecule has 0 saturated carbocycles. The van der Waals surface area contributed by atoms with Gasteiger partial charge in [0.15, 0.2) is 5.69 Å². The van der Waals surface area contributed by atoms with E-state index in [4.69, 9.17) is 23.1 Å². The number of nitrogens with one attached hydrogen (secondary N) is 2. The quantitative estimate of drug-likeness (QED) is 0.547. The largest absolute Gasteiger partial charge is 0.383 e. The minimum atomic E-state index is -0.695. The van der Waals surface area contributed by atoms with Crippen molar-refractivity contribution >= 4 is 41.6 Å². The molecule has 1 fully saturated rings. The Morgan fingerprint density at radius 2 is 2.14 bits per heavy atom. The number of rotatable bonds is 3. The average Bonchev–Trinajstić information content (AvgIpc) is 3.28. The first-order valence-corrected chi connectivity index (χ1v) is 8.72. The van der Waals surface area contributed by atoms with Crippen molar-refractivity contribution in [3.05, 3.63) is 45.6 Å². The topological polar surface area (TPSA) is 128 Å². The van der Waals surface area contributed by atoms with Crippen LogP contribution in [0, 0.1) is 11.8 Å². The molecule has 8 nitrogen and oxygen atoms in total. The number of hydrogen-bond acceptors (Lipinski definition) is 5. The third-order valence-corrected chi connectivity index (χ3v) is 4.67. The highest BCUT2D eigenvalue weighted by atomic mass is 35.5. The Morgan fingerprint density at radius 1 is 1.39 bits per heavy atom. The summed E-state index contributed by atoms with van der Waals surface area (Å²) in [7, 11) is 1.54. The third kappa shape index (κ3) is 4.22. The lowest BCUT2D eigenvalue weighted by atomic mass is 10.1. The van der Waals surface area contributed by atoms with Crippen molar-refractivity contribution < 1.29 is 9.59 Å². The number of halogens is 2. The van der Waals surface area contributed by atoms with Crippen molar-refractivity contribution in [2.45, 2.75) is 12.5 Å². The second-order valence-electron chi connectivity index (χ2n) is 6.09. The molecule has 148 valence electrons. The fourth-order valence-corrected chi connectivity index (χ4v) is 3.10. The van der Waals surface area contributed by atoms with E-state index in [1.54, 1.807) is 22.9 Å². The summed E-state index contributed by atoms with van der Waals surface area (Å²) in [5.74, 6) is 4.93. The number of aromatic nitrogens is 2. The van der Waals surface area contributed by atoms with E-state index in [1.807, 2.05) is 0 Å². The predicted molar refractivity (Wildman–Crippen MR) is 110 cm³/mol. The van der Waals surface area contributed by atoms with Gasteiger partial charge in [-0.2, -0.15) is 5.10 Å². The summed E-state index contributed by atoms with van der Waals surface area (Å²) in [6.07, 6.45) is 0.844. The van der Waals surface area contributed by atoms with E-state index in [-0.39, 0.29) is 41.4 Å². The molecule has 1 aromatic carbocycles. The highest BCUT2D eigenvalue weighted by molar-refractivity contribution is 6.31. The van der Waals surface area contributed by atoms with Crippen molar-refractivity contribution in [1.29, 1.82) is 0 Å². The first-order chi connectivity index (χ1) is 12.9. The van der Waals surface area contributed by atoms with E-state index in [0.29, 0.717) is 22.7 Å². The Balaban J connectivity index is 0.00000280. The first-order valence-electron chi connectivity index (χ1n) is 8.34.